The molecule has 6 nitrogen and oxygen atoms in total. The summed E-state index contributed by atoms with van der Waals surface area (Å²) in [6, 6.07) is 25.0. The number of carbonyl (C=O) groups excluding carboxylic acids is 4. The molecule has 1 aliphatic heterocycles. The summed E-state index contributed by atoms with van der Waals surface area (Å²) in [4.78, 5) is 57.1. The van der Waals surface area contributed by atoms with Crippen LogP contribution in [0.2, 0.25) is 15.1 Å². The molecule has 43 heavy (non-hydrogen) atoms. The Morgan fingerprint density at radius 1 is 0.698 bits per heavy atom. The Morgan fingerprint density at radius 3 is 1.63 bits per heavy atom. The van der Waals surface area contributed by atoms with Crippen LogP contribution in [0.15, 0.2) is 91.0 Å². The van der Waals surface area contributed by atoms with Crippen molar-refractivity contribution in [2.45, 2.75) is 24.8 Å². The van der Waals surface area contributed by atoms with Gasteiger partial charge in [-0.3, -0.25) is 19.2 Å². The number of imide groups is 1. The summed E-state index contributed by atoms with van der Waals surface area (Å²) in [6.07, 6.45) is 0. The molecule has 2 bridgehead atoms. The van der Waals surface area contributed by atoms with Gasteiger partial charge in [-0.05, 0) is 71.6 Å². The van der Waals surface area contributed by atoms with Crippen LogP contribution < -0.4 is 0 Å². The Balaban J connectivity index is 1.37. The van der Waals surface area contributed by atoms with Gasteiger partial charge in [0.2, 0.25) is 0 Å². The molecule has 0 radical (unpaired) electrons. The fourth-order valence-corrected chi connectivity index (χ4v) is 7.68. The van der Waals surface area contributed by atoms with E-state index < -0.39 is 41.4 Å². The van der Waals surface area contributed by atoms with Crippen molar-refractivity contribution in [2.24, 2.45) is 11.8 Å². The standard InChI is InChI=1S/C34H23Cl3N2O4/c1-17(31(40)18-10-12-19(35)13-11-18)38(32(41)25-15-14-20(36)16-26(25)37)39-33(42)29-27-21-6-2-3-7-22(21)28(30(29)34(39)43)24-9-5-4-8-23(24)27/h2-17,27-30H,1H3/t17-,27?,28?,29-,30+/m0/s1. The SMILES string of the molecule is C[C@@H](C(=O)c1ccc(Cl)cc1)N(C(=O)c1ccc(Cl)cc1Cl)N1C(=O)[C@@H]2C3c4ccccc4C(c4ccccc43)[C@@H]2C1=O. The topological polar surface area (TPSA) is 74.8 Å². The van der Waals surface area contributed by atoms with E-state index in [1.54, 1.807) is 24.3 Å². The van der Waals surface area contributed by atoms with E-state index >= 15 is 0 Å². The monoisotopic (exact) mass is 628 g/mol. The largest absolute Gasteiger partial charge is 0.292 e. The molecule has 9 heteroatoms. The normalized spacial score (nSPS) is 22.1. The number of amides is 3. The van der Waals surface area contributed by atoms with E-state index in [1.807, 2.05) is 48.5 Å². The quantitative estimate of drug-likeness (QED) is 0.173. The summed E-state index contributed by atoms with van der Waals surface area (Å²) in [5, 5.41) is 2.66. The van der Waals surface area contributed by atoms with Crippen LogP contribution in [0.25, 0.3) is 0 Å². The van der Waals surface area contributed by atoms with E-state index in [1.165, 1.54) is 25.1 Å². The first-order valence-corrected chi connectivity index (χ1v) is 15.0. The molecule has 0 saturated carbocycles. The molecule has 3 amide bonds. The first-order chi connectivity index (χ1) is 20.7. The second kappa shape index (κ2) is 10.3. The molecule has 1 fully saturated rings. The minimum atomic E-state index is -1.24. The summed E-state index contributed by atoms with van der Waals surface area (Å²) in [5.41, 5.74) is 4.28. The maximum atomic E-state index is 14.5. The predicted octanol–water partition coefficient (Wildman–Crippen LogP) is 7.17. The maximum Gasteiger partial charge on any atom is 0.275 e. The van der Waals surface area contributed by atoms with Gasteiger partial charge in [-0.25, -0.2) is 5.01 Å². The molecule has 8 rings (SSSR count). The highest BCUT2D eigenvalue weighted by Gasteiger charge is 2.63. The van der Waals surface area contributed by atoms with Crippen molar-refractivity contribution >= 4 is 58.3 Å². The first kappa shape index (κ1) is 27.8. The molecule has 4 aliphatic rings. The Hall–Kier alpha value is -3.97. The average molecular weight is 630 g/mol. The number of halogens is 3. The molecule has 4 aromatic rings. The van der Waals surface area contributed by atoms with Crippen LogP contribution in [0.3, 0.4) is 0 Å². The van der Waals surface area contributed by atoms with Crippen LogP contribution >= 0.6 is 34.8 Å². The second-order valence-corrected chi connectivity index (χ2v) is 12.4. The van der Waals surface area contributed by atoms with Gasteiger partial charge in [-0.15, -0.1) is 0 Å². The lowest BCUT2D eigenvalue weighted by Crippen LogP contribution is -2.56. The van der Waals surface area contributed by atoms with E-state index in [9.17, 15) is 19.2 Å². The minimum absolute atomic E-state index is 0.00633. The van der Waals surface area contributed by atoms with Crippen molar-refractivity contribution in [3.05, 3.63) is 139 Å². The number of hydrazine groups is 1. The molecule has 1 saturated heterocycles. The van der Waals surface area contributed by atoms with Crippen molar-refractivity contribution in [2.75, 3.05) is 0 Å². The van der Waals surface area contributed by atoms with E-state index in [2.05, 4.69) is 0 Å². The minimum Gasteiger partial charge on any atom is -0.292 e. The van der Waals surface area contributed by atoms with Crippen LogP contribution in [0.4, 0.5) is 0 Å². The molecule has 0 aromatic heterocycles. The molecule has 3 aliphatic carbocycles. The fourth-order valence-electron chi connectivity index (χ4n) is 7.07. The summed E-state index contributed by atoms with van der Waals surface area (Å²) in [6.45, 7) is 1.50. The number of nitrogens with zero attached hydrogens (tertiary/aromatic N) is 2. The van der Waals surface area contributed by atoms with Gasteiger partial charge < -0.3 is 0 Å². The van der Waals surface area contributed by atoms with Crippen LogP contribution in [0, 0.1) is 11.8 Å². The second-order valence-electron chi connectivity index (χ2n) is 11.1. The van der Waals surface area contributed by atoms with Gasteiger partial charge in [0.1, 0.15) is 6.04 Å². The molecule has 214 valence electrons. The molecule has 1 heterocycles. The first-order valence-electron chi connectivity index (χ1n) is 13.8. The number of benzene rings is 4. The van der Waals surface area contributed by atoms with E-state index in [-0.39, 0.29) is 28.0 Å². The van der Waals surface area contributed by atoms with Gasteiger partial charge in [-0.1, -0.05) is 83.3 Å². The molecular weight excluding hydrogens is 607 g/mol. The number of hydrogen-bond donors (Lipinski definition) is 0. The van der Waals surface area contributed by atoms with Crippen molar-refractivity contribution < 1.29 is 19.2 Å². The zero-order chi connectivity index (χ0) is 30.2. The smallest absolute Gasteiger partial charge is 0.275 e. The van der Waals surface area contributed by atoms with Gasteiger partial charge in [0.15, 0.2) is 5.78 Å². The zero-order valence-corrected chi connectivity index (χ0v) is 25.0. The maximum absolute atomic E-state index is 14.5. The van der Waals surface area contributed by atoms with Gasteiger partial charge in [0.25, 0.3) is 17.7 Å². The van der Waals surface area contributed by atoms with E-state index in [0.717, 1.165) is 32.3 Å². The lowest BCUT2D eigenvalue weighted by molar-refractivity contribution is -0.156. The van der Waals surface area contributed by atoms with Crippen molar-refractivity contribution in [1.82, 2.24) is 10.0 Å². The third-order valence-electron chi connectivity index (χ3n) is 8.89. The number of Topliss-reactive ketones (excluding diaryl/α,β-unsaturated/α-hetero) is 1. The Labute approximate surface area is 262 Å². The van der Waals surface area contributed by atoms with Crippen molar-refractivity contribution in [3.8, 4) is 0 Å². The number of rotatable bonds is 5. The number of carbonyl (C=O) groups is 4. The average Bonchev–Trinajstić information content (AvgIpc) is 3.27. The molecule has 0 unspecified atom stereocenters. The zero-order valence-electron chi connectivity index (χ0n) is 22.7. The molecule has 3 atom stereocenters. The van der Waals surface area contributed by atoms with Gasteiger partial charge >= 0.3 is 0 Å². The number of ketones is 1. The van der Waals surface area contributed by atoms with E-state index in [4.69, 9.17) is 34.8 Å². The molecular formula is C34H23Cl3N2O4. The highest BCUT2D eigenvalue weighted by molar-refractivity contribution is 6.37. The van der Waals surface area contributed by atoms with Crippen LogP contribution in [-0.4, -0.2) is 39.6 Å². The fraction of sp³-hybridized carbons (Fsp3) is 0.176. The lowest BCUT2D eigenvalue weighted by Gasteiger charge is -2.45. The molecule has 0 spiro atoms. The van der Waals surface area contributed by atoms with Crippen LogP contribution in [-0.2, 0) is 9.59 Å². The Kier molecular flexibility index (Phi) is 6.69. The summed E-state index contributed by atoms with van der Waals surface area (Å²) >= 11 is 18.6. The van der Waals surface area contributed by atoms with Crippen LogP contribution in [0.5, 0.6) is 0 Å². The molecule has 0 N–H and O–H groups in total. The third-order valence-corrected chi connectivity index (χ3v) is 9.69. The van der Waals surface area contributed by atoms with E-state index in [0.29, 0.717) is 10.0 Å². The predicted molar refractivity (Wildman–Crippen MR) is 163 cm³/mol. The summed E-state index contributed by atoms with van der Waals surface area (Å²) < 4.78 is 0. The van der Waals surface area contributed by atoms with Gasteiger partial charge in [0, 0.05) is 27.4 Å². The summed E-state index contributed by atoms with van der Waals surface area (Å²) in [7, 11) is 0. The Bertz CT molecular complexity index is 1740. The summed E-state index contributed by atoms with van der Waals surface area (Å²) in [5.74, 6) is -4.51. The molecule has 4 aromatic carbocycles. The van der Waals surface area contributed by atoms with Gasteiger partial charge in [-0.2, -0.15) is 5.01 Å². The lowest BCUT2D eigenvalue weighted by atomic mass is 9.55. The third kappa shape index (κ3) is 4.15. The van der Waals surface area contributed by atoms with Crippen LogP contribution in [0.1, 0.15) is 61.7 Å². The Morgan fingerprint density at radius 2 is 1.16 bits per heavy atom. The van der Waals surface area contributed by atoms with Crippen molar-refractivity contribution in [1.29, 1.82) is 0 Å². The van der Waals surface area contributed by atoms with Crippen molar-refractivity contribution in [3.63, 3.8) is 0 Å². The highest BCUT2D eigenvalue weighted by atomic mass is 35.5. The number of hydrogen-bond acceptors (Lipinski definition) is 4. The van der Waals surface area contributed by atoms with Gasteiger partial charge in [0.05, 0.1) is 22.4 Å². The highest BCUT2D eigenvalue weighted by Crippen LogP contribution is 2.61.